The molecule has 6 nitrogen and oxygen atoms in total. The van der Waals surface area contributed by atoms with Gasteiger partial charge in [-0.05, 0) is 72.3 Å². The lowest BCUT2D eigenvalue weighted by Crippen LogP contribution is -2.30. The van der Waals surface area contributed by atoms with Gasteiger partial charge in [0.15, 0.2) is 0 Å². The monoisotopic (exact) mass is 671 g/mol. The van der Waals surface area contributed by atoms with Crippen molar-refractivity contribution in [2.45, 2.75) is 4.90 Å². The third-order valence-electron chi connectivity index (χ3n) is 5.50. The maximum absolute atomic E-state index is 14.0. The van der Waals surface area contributed by atoms with E-state index in [0.717, 1.165) is 4.90 Å². The fraction of sp³-hybridized carbons (Fsp3) is 0.0333. The second-order valence-electron chi connectivity index (χ2n) is 8.46. The molecule has 0 saturated carbocycles. The first-order valence-electron chi connectivity index (χ1n) is 12.0. The topological polar surface area (TPSA) is 87.3 Å². The van der Waals surface area contributed by atoms with Gasteiger partial charge in [-0.25, -0.2) is 4.39 Å². The second kappa shape index (κ2) is 14.3. The normalized spacial score (nSPS) is 11.1. The number of halogens is 4. The third kappa shape index (κ3) is 8.68. The van der Waals surface area contributed by atoms with Gasteiger partial charge in [0.2, 0.25) is 5.91 Å². The summed E-state index contributed by atoms with van der Waals surface area (Å²) < 4.78 is 14.5. The Bertz CT molecular complexity index is 1620. The highest BCUT2D eigenvalue weighted by Gasteiger charge is 2.16. The van der Waals surface area contributed by atoms with Gasteiger partial charge in [-0.2, -0.15) is 0 Å². The van der Waals surface area contributed by atoms with E-state index in [4.69, 9.17) is 23.2 Å². The number of carbonyl (C=O) groups is 3. The van der Waals surface area contributed by atoms with Crippen molar-refractivity contribution in [2.75, 3.05) is 16.4 Å². The van der Waals surface area contributed by atoms with Crippen LogP contribution in [0.25, 0.3) is 6.08 Å². The van der Waals surface area contributed by atoms with Crippen LogP contribution >= 0.6 is 50.9 Å². The van der Waals surface area contributed by atoms with Crippen molar-refractivity contribution in [3.05, 3.63) is 128 Å². The second-order valence-corrected chi connectivity index (χ2v) is 11.2. The van der Waals surface area contributed by atoms with Crippen molar-refractivity contribution in [2.24, 2.45) is 0 Å². The van der Waals surface area contributed by atoms with E-state index < -0.39 is 17.6 Å². The van der Waals surface area contributed by atoms with Crippen molar-refractivity contribution in [3.8, 4) is 0 Å². The number of anilines is 2. The van der Waals surface area contributed by atoms with E-state index in [1.54, 1.807) is 78.9 Å². The number of nitrogens with one attached hydrogen (secondary N) is 3. The quantitative estimate of drug-likeness (QED) is 0.124. The van der Waals surface area contributed by atoms with Crippen LogP contribution in [0.4, 0.5) is 15.8 Å². The third-order valence-corrected chi connectivity index (χ3v) is 7.84. The van der Waals surface area contributed by atoms with Gasteiger partial charge >= 0.3 is 0 Å². The molecule has 11 heteroatoms. The summed E-state index contributed by atoms with van der Waals surface area (Å²) in [6.45, 7) is 0. The van der Waals surface area contributed by atoms with Crippen LogP contribution in [0, 0.1) is 5.82 Å². The van der Waals surface area contributed by atoms with Crippen LogP contribution in [-0.2, 0) is 9.59 Å². The summed E-state index contributed by atoms with van der Waals surface area (Å²) in [5, 5.41) is 8.49. The molecule has 4 aromatic carbocycles. The Morgan fingerprint density at radius 1 is 0.878 bits per heavy atom. The predicted octanol–water partition coefficient (Wildman–Crippen LogP) is 8.04. The molecule has 0 aromatic heterocycles. The van der Waals surface area contributed by atoms with Crippen LogP contribution in [0.15, 0.2) is 106 Å². The highest BCUT2D eigenvalue weighted by Crippen LogP contribution is 2.28. The fourth-order valence-corrected chi connectivity index (χ4v) is 4.88. The van der Waals surface area contributed by atoms with Gasteiger partial charge in [0.1, 0.15) is 11.5 Å². The Kier molecular flexibility index (Phi) is 10.6. The van der Waals surface area contributed by atoms with E-state index in [-0.39, 0.29) is 28.1 Å². The summed E-state index contributed by atoms with van der Waals surface area (Å²) in [5.74, 6) is -1.90. The van der Waals surface area contributed by atoms with Crippen LogP contribution in [-0.4, -0.2) is 23.5 Å². The van der Waals surface area contributed by atoms with Gasteiger partial charge in [-0.3, -0.25) is 14.4 Å². The summed E-state index contributed by atoms with van der Waals surface area (Å²) in [5.41, 5.74) is 1.33. The molecular weight excluding hydrogens is 652 g/mol. The number of hydrogen-bond acceptors (Lipinski definition) is 4. The van der Waals surface area contributed by atoms with Crippen LogP contribution in [0.1, 0.15) is 15.9 Å². The predicted molar refractivity (Wildman–Crippen MR) is 167 cm³/mol. The van der Waals surface area contributed by atoms with E-state index >= 15 is 0 Å². The standard InChI is InChI=1S/C30H21BrCl2FN3O3S/c31-20-9-14-25(24(34)16-20)36-27(38)17-41-22-12-10-21(11-13-22)35-30(40)26(15-19-7-4-8-23(32)28(19)33)37-29(39)18-5-2-1-3-6-18/h1-16H,17H2,(H,35,40)(H,36,38)(H,37,39)/b26-15-. The van der Waals surface area contributed by atoms with E-state index in [2.05, 4.69) is 31.9 Å². The van der Waals surface area contributed by atoms with E-state index in [9.17, 15) is 18.8 Å². The van der Waals surface area contributed by atoms with Gasteiger partial charge in [0.05, 0.1) is 21.5 Å². The lowest BCUT2D eigenvalue weighted by molar-refractivity contribution is -0.114. The average molecular weight is 673 g/mol. The van der Waals surface area contributed by atoms with Crippen LogP contribution in [0.5, 0.6) is 0 Å². The molecule has 0 atom stereocenters. The van der Waals surface area contributed by atoms with Crippen LogP contribution in [0.2, 0.25) is 10.0 Å². The largest absolute Gasteiger partial charge is 0.323 e. The molecule has 0 radical (unpaired) electrons. The van der Waals surface area contributed by atoms with Gasteiger partial charge in [0, 0.05) is 20.6 Å². The highest BCUT2D eigenvalue weighted by molar-refractivity contribution is 9.10. The SMILES string of the molecule is O=C(CSc1ccc(NC(=O)/C(=C/c2cccc(Cl)c2Cl)NC(=O)c2ccccc2)cc1)Nc1ccc(Br)cc1F. The Labute approximate surface area is 258 Å². The molecule has 0 heterocycles. The molecule has 0 saturated heterocycles. The minimum atomic E-state index is -0.582. The van der Waals surface area contributed by atoms with Gasteiger partial charge < -0.3 is 16.0 Å². The van der Waals surface area contributed by atoms with Crippen molar-refractivity contribution in [3.63, 3.8) is 0 Å². The van der Waals surface area contributed by atoms with E-state index in [0.29, 0.717) is 26.3 Å². The molecule has 4 aromatic rings. The summed E-state index contributed by atoms with van der Waals surface area (Å²) in [4.78, 5) is 39.1. The van der Waals surface area contributed by atoms with E-state index in [1.807, 2.05) is 0 Å². The first-order chi connectivity index (χ1) is 19.7. The van der Waals surface area contributed by atoms with Gasteiger partial charge in [0.25, 0.3) is 11.8 Å². The Morgan fingerprint density at radius 2 is 1.61 bits per heavy atom. The van der Waals surface area contributed by atoms with Crippen molar-refractivity contribution in [1.82, 2.24) is 5.32 Å². The molecule has 0 aliphatic heterocycles. The number of benzene rings is 4. The molecule has 0 unspecified atom stereocenters. The lowest BCUT2D eigenvalue weighted by Gasteiger charge is -2.12. The first-order valence-corrected chi connectivity index (χ1v) is 14.5. The number of thioether (sulfide) groups is 1. The Morgan fingerprint density at radius 3 is 2.32 bits per heavy atom. The minimum Gasteiger partial charge on any atom is -0.323 e. The molecular formula is C30H21BrCl2FN3O3S. The molecule has 0 bridgehead atoms. The summed E-state index contributed by atoms with van der Waals surface area (Å²) >= 11 is 16.9. The number of carbonyl (C=O) groups excluding carboxylic acids is 3. The molecule has 41 heavy (non-hydrogen) atoms. The molecule has 3 N–H and O–H groups in total. The van der Waals surface area contributed by atoms with E-state index in [1.165, 1.54) is 30.0 Å². The van der Waals surface area contributed by atoms with Crippen LogP contribution in [0.3, 0.4) is 0 Å². The summed E-state index contributed by atoms with van der Waals surface area (Å²) in [7, 11) is 0. The first kappa shape index (κ1) is 30.3. The molecule has 3 amide bonds. The summed E-state index contributed by atoms with van der Waals surface area (Å²) in [6, 6.07) is 24.6. The zero-order valence-electron chi connectivity index (χ0n) is 21.1. The maximum atomic E-state index is 14.0. The smallest absolute Gasteiger partial charge is 0.272 e. The lowest BCUT2D eigenvalue weighted by atomic mass is 10.1. The van der Waals surface area contributed by atoms with Crippen molar-refractivity contribution in [1.29, 1.82) is 0 Å². The van der Waals surface area contributed by atoms with Gasteiger partial charge in [-0.1, -0.05) is 69.5 Å². The Balaban J connectivity index is 1.43. The van der Waals surface area contributed by atoms with Gasteiger partial charge in [-0.15, -0.1) is 11.8 Å². The maximum Gasteiger partial charge on any atom is 0.272 e. The molecule has 0 aliphatic rings. The molecule has 4 rings (SSSR count). The number of rotatable bonds is 9. The molecule has 208 valence electrons. The molecule has 0 fully saturated rings. The Hall–Kier alpha value is -3.63. The number of amides is 3. The van der Waals surface area contributed by atoms with Crippen LogP contribution < -0.4 is 16.0 Å². The molecule has 0 spiro atoms. The zero-order valence-corrected chi connectivity index (χ0v) is 25.0. The zero-order chi connectivity index (χ0) is 29.4. The molecule has 0 aliphatic carbocycles. The van der Waals surface area contributed by atoms with Crippen molar-refractivity contribution >= 4 is 86.1 Å². The highest BCUT2D eigenvalue weighted by atomic mass is 79.9. The van der Waals surface area contributed by atoms with Crippen molar-refractivity contribution < 1.29 is 18.8 Å². The fourth-order valence-electron chi connectivity index (χ4n) is 3.49. The summed E-state index contributed by atoms with van der Waals surface area (Å²) in [6.07, 6.45) is 1.45. The average Bonchev–Trinajstić information content (AvgIpc) is 2.96. The minimum absolute atomic E-state index is 0.0432. The number of hydrogen-bond donors (Lipinski definition) is 3.